The van der Waals surface area contributed by atoms with Crippen LogP contribution in [-0.4, -0.2) is 50.4 Å². The number of amides is 1. The third kappa shape index (κ3) is 6.78. The molecular weight excluding hydrogens is 368 g/mol. The third-order valence-electron chi connectivity index (χ3n) is 4.55. The van der Waals surface area contributed by atoms with Crippen LogP contribution in [0, 0.1) is 5.92 Å². The van der Waals surface area contributed by atoms with Crippen molar-refractivity contribution in [2.45, 2.75) is 32.2 Å². The van der Waals surface area contributed by atoms with E-state index in [2.05, 4.69) is 11.6 Å². The van der Waals surface area contributed by atoms with Crippen molar-refractivity contribution < 1.29 is 13.2 Å². The molecule has 0 bridgehead atoms. The Hall–Kier alpha value is -1.31. The van der Waals surface area contributed by atoms with Gasteiger partial charge in [0.05, 0.1) is 0 Å². The zero-order valence-electron chi connectivity index (χ0n) is 15.4. The number of hydrogen-bond donors (Lipinski definition) is 1. The van der Waals surface area contributed by atoms with Crippen LogP contribution in [-0.2, 0) is 14.8 Å². The SMILES string of the molecule is CSCCC(NS(=O)(=O)/C=C/c1ccccc1)C(=O)N1CCC(C)CC1. The number of benzene rings is 1. The maximum Gasteiger partial charge on any atom is 0.240 e. The largest absolute Gasteiger partial charge is 0.341 e. The molecule has 0 spiro atoms. The van der Waals surface area contributed by atoms with Gasteiger partial charge in [-0.3, -0.25) is 4.79 Å². The molecule has 1 aromatic carbocycles. The van der Waals surface area contributed by atoms with E-state index in [-0.39, 0.29) is 5.91 Å². The Morgan fingerprint density at radius 3 is 2.58 bits per heavy atom. The molecule has 1 atom stereocenters. The van der Waals surface area contributed by atoms with Gasteiger partial charge in [-0.2, -0.15) is 16.5 Å². The van der Waals surface area contributed by atoms with Crippen molar-refractivity contribution in [1.29, 1.82) is 0 Å². The molecule has 5 nitrogen and oxygen atoms in total. The van der Waals surface area contributed by atoms with Gasteiger partial charge in [-0.25, -0.2) is 8.42 Å². The molecule has 0 aromatic heterocycles. The van der Waals surface area contributed by atoms with Gasteiger partial charge in [0.15, 0.2) is 0 Å². The lowest BCUT2D eigenvalue weighted by Crippen LogP contribution is -2.50. The van der Waals surface area contributed by atoms with Crippen LogP contribution >= 0.6 is 11.8 Å². The highest BCUT2D eigenvalue weighted by atomic mass is 32.2. The van der Waals surface area contributed by atoms with E-state index in [0.29, 0.717) is 25.4 Å². The molecule has 1 fully saturated rings. The van der Waals surface area contributed by atoms with Crippen molar-refractivity contribution in [2.24, 2.45) is 5.92 Å². The zero-order valence-corrected chi connectivity index (χ0v) is 17.1. The fraction of sp³-hybridized carbons (Fsp3) is 0.526. The van der Waals surface area contributed by atoms with E-state index >= 15 is 0 Å². The second-order valence-corrected chi connectivity index (χ2v) is 9.30. The van der Waals surface area contributed by atoms with Crippen LogP contribution in [0.4, 0.5) is 0 Å². The summed E-state index contributed by atoms with van der Waals surface area (Å²) in [4.78, 5) is 14.6. The molecule has 0 radical (unpaired) electrons. The van der Waals surface area contributed by atoms with Gasteiger partial charge in [-0.05, 0) is 48.8 Å². The lowest BCUT2D eigenvalue weighted by Gasteiger charge is -2.33. The molecule has 1 saturated heterocycles. The van der Waals surface area contributed by atoms with Crippen LogP contribution in [0.3, 0.4) is 0 Å². The Kier molecular flexibility index (Phi) is 8.18. The van der Waals surface area contributed by atoms with E-state index in [1.165, 1.54) is 0 Å². The highest BCUT2D eigenvalue weighted by molar-refractivity contribution is 7.98. The summed E-state index contributed by atoms with van der Waals surface area (Å²) in [5.41, 5.74) is 0.801. The molecule has 7 heteroatoms. The summed E-state index contributed by atoms with van der Waals surface area (Å²) < 4.78 is 27.5. The standard InChI is InChI=1S/C19H28N2O3S2/c1-16-8-12-21(13-9-16)19(22)18(10-14-25-2)20-26(23,24)15-11-17-6-4-3-5-7-17/h3-7,11,15-16,18,20H,8-10,12-14H2,1-2H3/b15-11+. The Morgan fingerprint density at radius 2 is 1.96 bits per heavy atom. The second kappa shape index (κ2) is 10.1. The van der Waals surface area contributed by atoms with Crippen molar-refractivity contribution in [3.63, 3.8) is 0 Å². The molecule has 1 aliphatic heterocycles. The van der Waals surface area contributed by atoms with Crippen LogP contribution < -0.4 is 4.72 Å². The van der Waals surface area contributed by atoms with Gasteiger partial charge in [-0.1, -0.05) is 37.3 Å². The fourth-order valence-electron chi connectivity index (χ4n) is 2.89. The minimum atomic E-state index is -3.69. The number of hydrogen-bond acceptors (Lipinski definition) is 4. The van der Waals surface area contributed by atoms with Gasteiger partial charge >= 0.3 is 0 Å². The van der Waals surface area contributed by atoms with Crippen molar-refractivity contribution >= 4 is 33.8 Å². The summed E-state index contributed by atoms with van der Waals surface area (Å²) in [6.45, 7) is 3.60. The number of likely N-dealkylation sites (tertiary alicyclic amines) is 1. The molecule has 1 N–H and O–H groups in total. The highest BCUT2D eigenvalue weighted by Gasteiger charge is 2.29. The van der Waals surface area contributed by atoms with Gasteiger partial charge in [0.25, 0.3) is 0 Å². The Morgan fingerprint density at radius 1 is 1.31 bits per heavy atom. The number of nitrogens with zero attached hydrogens (tertiary/aromatic N) is 1. The maximum absolute atomic E-state index is 12.8. The first-order valence-electron chi connectivity index (χ1n) is 8.94. The predicted octanol–water partition coefficient (Wildman–Crippen LogP) is 2.96. The van der Waals surface area contributed by atoms with Crippen LogP contribution in [0.5, 0.6) is 0 Å². The highest BCUT2D eigenvalue weighted by Crippen LogP contribution is 2.18. The summed E-state index contributed by atoms with van der Waals surface area (Å²) in [7, 11) is -3.69. The molecule has 26 heavy (non-hydrogen) atoms. The number of nitrogens with one attached hydrogen (secondary N) is 1. The zero-order chi connectivity index (χ0) is 19.0. The minimum absolute atomic E-state index is 0.109. The number of carbonyl (C=O) groups excluding carboxylic acids is 1. The third-order valence-corrected chi connectivity index (χ3v) is 6.30. The molecule has 0 aliphatic carbocycles. The molecule has 1 aliphatic rings. The van der Waals surface area contributed by atoms with Gasteiger partial charge in [0.1, 0.15) is 6.04 Å². The number of piperidine rings is 1. The van der Waals surface area contributed by atoms with Crippen molar-refractivity contribution in [3.05, 3.63) is 41.3 Å². The van der Waals surface area contributed by atoms with Gasteiger partial charge < -0.3 is 4.90 Å². The van der Waals surface area contributed by atoms with E-state index in [1.54, 1.807) is 22.7 Å². The fourth-order valence-corrected chi connectivity index (χ4v) is 4.39. The Balaban J connectivity index is 2.05. The van der Waals surface area contributed by atoms with Crippen LogP contribution in [0.2, 0.25) is 0 Å². The monoisotopic (exact) mass is 396 g/mol. The molecule has 0 saturated carbocycles. The van der Waals surface area contributed by atoms with E-state index in [4.69, 9.17) is 0 Å². The lowest BCUT2D eigenvalue weighted by molar-refractivity contribution is -0.134. The first-order chi connectivity index (χ1) is 12.4. The average Bonchev–Trinajstić information content (AvgIpc) is 2.64. The van der Waals surface area contributed by atoms with Gasteiger partial charge in [0.2, 0.25) is 15.9 Å². The van der Waals surface area contributed by atoms with Crippen LogP contribution in [0.1, 0.15) is 31.7 Å². The van der Waals surface area contributed by atoms with E-state index in [0.717, 1.165) is 29.6 Å². The van der Waals surface area contributed by atoms with Gasteiger partial charge in [0, 0.05) is 18.5 Å². The number of rotatable bonds is 8. The summed E-state index contributed by atoms with van der Waals surface area (Å²) in [5, 5.41) is 1.14. The molecule has 1 unspecified atom stereocenters. The topological polar surface area (TPSA) is 66.5 Å². The Bertz CT molecular complexity index is 697. The predicted molar refractivity (Wildman–Crippen MR) is 109 cm³/mol. The van der Waals surface area contributed by atoms with Crippen LogP contribution in [0.15, 0.2) is 35.7 Å². The normalized spacial score (nSPS) is 17.5. The number of carbonyl (C=O) groups is 1. The minimum Gasteiger partial charge on any atom is -0.341 e. The molecule has 1 aromatic rings. The summed E-state index contributed by atoms with van der Waals surface area (Å²) in [5.74, 6) is 1.24. The van der Waals surface area contributed by atoms with Gasteiger partial charge in [-0.15, -0.1) is 0 Å². The number of sulfonamides is 1. The Labute approximate surface area is 161 Å². The first kappa shape index (κ1) is 21.0. The molecular formula is C19H28N2O3S2. The van der Waals surface area contributed by atoms with Crippen LogP contribution in [0.25, 0.3) is 6.08 Å². The van der Waals surface area contributed by atoms with Crippen molar-refractivity contribution in [2.75, 3.05) is 25.1 Å². The maximum atomic E-state index is 12.8. The van der Waals surface area contributed by atoms with E-state index in [1.807, 2.05) is 36.6 Å². The molecule has 2 rings (SSSR count). The smallest absolute Gasteiger partial charge is 0.240 e. The molecule has 1 heterocycles. The summed E-state index contributed by atoms with van der Waals surface area (Å²) in [6, 6.07) is 8.53. The van der Waals surface area contributed by atoms with E-state index < -0.39 is 16.1 Å². The average molecular weight is 397 g/mol. The lowest BCUT2D eigenvalue weighted by atomic mass is 9.98. The summed E-state index contributed by atoms with van der Waals surface area (Å²) in [6.07, 6.45) is 5.93. The van der Waals surface area contributed by atoms with Crippen molar-refractivity contribution in [1.82, 2.24) is 9.62 Å². The number of thioether (sulfide) groups is 1. The summed E-state index contributed by atoms with van der Waals surface area (Å²) >= 11 is 1.61. The quantitative estimate of drug-likeness (QED) is 0.734. The second-order valence-electron chi connectivity index (χ2n) is 6.72. The molecule has 144 valence electrons. The van der Waals surface area contributed by atoms with Crippen molar-refractivity contribution in [3.8, 4) is 0 Å². The van der Waals surface area contributed by atoms with E-state index in [9.17, 15) is 13.2 Å². The molecule has 1 amide bonds. The first-order valence-corrected chi connectivity index (χ1v) is 11.9.